The highest BCUT2D eigenvalue weighted by Crippen LogP contribution is 2.47. The molecule has 0 radical (unpaired) electrons. The maximum Gasteiger partial charge on any atom is 0.193 e. The van der Waals surface area contributed by atoms with E-state index in [9.17, 15) is 0 Å². The van der Waals surface area contributed by atoms with Crippen molar-refractivity contribution in [3.63, 3.8) is 0 Å². The third-order valence-corrected chi connectivity index (χ3v) is 5.62. The number of nitrogens with zero attached hydrogens (tertiary/aromatic N) is 2. The van der Waals surface area contributed by atoms with E-state index in [-0.39, 0.29) is 0 Å². The van der Waals surface area contributed by atoms with Crippen molar-refractivity contribution in [3.05, 3.63) is 0 Å². The van der Waals surface area contributed by atoms with E-state index in [0.29, 0.717) is 11.5 Å². The predicted octanol–water partition coefficient (Wildman–Crippen LogP) is 2.79. The number of nitrogens with one attached hydrogen (secondary N) is 1. The van der Waals surface area contributed by atoms with Gasteiger partial charge in [0.25, 0.3) is 0 Å². The molecular weight excluding hydrogens is 262 g/mol. The molecule has 0 atom stereocenters. The monoisotopic (exact) mass is 293 g/mol. The van der Waals surface area contributed by atoms with E-state index in [2.05, 4.69) is 15.2 Å². The third-order valence-electron chi connectivity index (χ3n) is 5.62. The maximum atomic E-state index is 5.91. The number of ether oxygens (including phenoxy) is 1. The quantitative estimate of drug-likeness (QED) is 0.481. The minimum Gasteiger partial charge on any atom is -0.378 e. The second kappa shape index (κ2) is 6.99. The molecule has 2 saturated carbocycles. The first-order chi connectivity index (χ1) is 10.3. The van der Waals surface area contributed by atoms with Crippen molar-refractivity contribution in [2.75, 3.05) is 33.3 Å². The van der Waals surface area contributed by atoms with Gasteiger partial charge in [-0.15, -0.1) is 0 Å². The lowest BCUT2D eigenvalue weighted by Crippen LogP contribution is -2.43. The molecule has 3 fully saturated rings. The van der Waals surface area contributed by atoms with Gasteiger partial charge in [-0.2, -0.15) is 0 Å². The van der Waals surface area contributed by atoms with E-state index in [0.717, 1.165) is 25.5 Å². The molecule has 0 aromatic heterocycles. The minimum atomic E-state index is 0.543. The Bertz CT molecular complexity index is 359. The first kappa shape index (κ1) is 15.1. The first-order valence-corrected chi connectivity index (χ1v) is 8.89. The van der Waals surface area contributed by atoms with Gasteiger partial charge in [-0.25, -0.2) is 0 Å². The lowest BCUT2D eigenvalue weighted by Gasteiger charge is -2.38. The molecule has 120 valence electrons. The molecule has 0 aromatic rings. The second-order valence-electron chi connectivity index (χ2n) is 7.13. The summed E-state index contributed by atoms with van der Waals surface area (Å²) in [4.78, 5) is 6.92. The molecule has 1 aliphatic heterocycles. The van der Waals surface area contributed by atoms with Crippen molar-refractivity contribution in [2.45, 2.75) is 63.9 Å². The molecule has 4 nitrogen and oxygen atoms in total. The van der Waals surface area contributed by atoms with Crippen LogP contribution in [0.1, 0.15) is 57.8 Å². The van der Waals surface area contributed by atoms with E-state index in [1.54, 1.807) is 0 Å². The van der Waals surface area contributed by atoms with Crippen molar-refractivity contribution in [3.8, 4) is 0 Å². The number of hydrogen-bond donors (Lipinski definition) is 1. The molecule has 2 aliphatic carbocycles. The van der Waals surface area contributed by atoms with Gasteiger partial charge < -0.3 is 15.0 Å². The lowest BCUT2D eigenvalue weighted by atomic mass is 9.68. The van der Waals surface area contributed by atoms with E-state index < -0.39 is 0 Å². The third kappa shape index (κ3) is 3.71. The van der Waals surface area contributed by atoms with Crippen LogP contribution in [0.3, 0.4) is 0 Å². The zero-order valence-electron chi connectivity index (χ0n) is 13.6. The number of guanidine groups is 1. The number of aliphatic imine (C=N–C) groups is 1. The molecule has 0 unspecified atom stereocenters. The Kier molecular flexibility index (Phi) is 5.04. The molecule has 1 N–H and O–H groups in total. The first-order valence-electron chi connectivity index (χ1n) is 8.89. The van der Waals surface area contributed by atoms with Gasteiger partial charge in [-0.3, -0.25) is 4.99 Å². The Labute approximate surface area is 129 Å². The summed E-state index contributed by atoms with van der Waals surface area (Å²) in [5, 5.41) is 3.52. The van der Waals surface area contributed by atoms with Crippen LogP contribution in [-0.4, -0.2) is 50.3 Å². The Balaban J connectivity index is 1.31. The molecule has 3 rings (SSSR count). The molecule has 1 spiro atoms. The molecule has 1 heterocycles. The van der Waals surface area contributed by atoms with Crippen molar-refractivity contribution >= 4 is 5.96 Å². The van der Waals surface area contributed by atoms with Gasteiger partial charge in [-0.05, 0) is 43.9 Å². The van der Waals surface area contributed by atoms with Crippen molar-refractivity contribution in [1.82, 2.24) is 10.2 Å². The zero-order chi connectivity index (χ0) is 14.5. The average molecular weight is 293 g/mol. The summed E-state index contributed by atoms with van der Waals surface area (Å²) < 4.78 is 5.91. The minimum absolute atomic E-state index is 0.543. The van der Waals surface area contributed by atoms with Gasteiger partial charge >= 0.3 is 0 Å². The van der Waals surface area contributed by atoms with Crippen LogP contribution in [0.15, 0.2) is 4.99 Å². The smallest absolute Gasteiger partial charge is 0.193 e. The maximum absolute atomic E-state index is 5.91. The zero-order valence-corrected chi connectivity index (χ0v) is 13.6. The van der Waals surface area contributed by atoms with E-state index in [1.165, 1.54) is 64.5 Å². The fourth-order valence-corrected chi connectivity index (χ4v) is 4.11. The van der Waals surface area contributed by atoms with Crippen molar-refractivity contribution < 1.29 is 4.74 Å². The molecule has 3 aliphatic rings. The standard InChI is InChI=1S/C17H31N3O/c1-18-16(20-12-10-17(14-20)8-4-9-17)19-11-5-13-21-15-6-2-3-7-15/h15H,2-14H2,1H3,(H,18,19). The topological polar surface area (TPSA) is 36.9 Å². The van der Waals surface area contributed by atoms with Crippen LogP contribution < -0.4 is 5.32 Å². The Hall–Kier alpha value is -0.770. The highest BCUT2D eigenvalue weighted by atomic mass is 16.5. The molecule has 1 saturated heterocycles. The predicted molar refractivity (Wildman–Crippen MR) is 86.7 cm³/mol. The van der Waals surface area contributed by atoms with Crippen LogP contribution in [0.4, 0.5) is 0 Å². The summed E-state index contributed by atoms with van der Waals surface area (Å²) in [6.07, 6.45) is 12.5. The molecule has 0 bridgehead atoms. The van der Waals surface area contributed by atoms with Crippen LogP contribution in [0, 0.1) is 5.41 Å². The normalized spacial score (nSPS) is 25.6. The van der Waals surface area contributed by atoms with Gasteiger partial charge in [0.05, 0.1) is 6.10 Å². The number of hydrogen-bond acceptors (Lipinski definition) is 2. The van der Waals surface area contributed by atoms with Crippen LogP contribution in [0.2, 0.25) is 0 Å². The van der Waals surface area contributed by atoms with Crippen molar-refractivity contribution in [2.24, 2.45) is 10.4 Å². The molecule has 0 aromatic carbocycles. The fourth-order valence-electron chi connectivity index (χ4n) is 4.11. The Morgan fingerprint density at radius 1 is 1.24 bits per heavy atom. The number of rotatable bonds is 5. The van der Waals surface area contributed by atoms with Gasteiger partial charge in [0.1, 0.15) is 0 Å². The number of likely N-dealkylation sites (tertiary alicyclic amines) is 1. The van der Waals surface area contributed by atoms with Gasteiger partial charge in [-0.1, -0.05) is 19.3 Å². The van der Waals surface area contributed by atoms with Gasteiger partial charge in [0.2, 0.25) is 0 Å². The average Bonchev–Trinajstić information content (AvgIpc) is 3.11. The molecule has 4 heteroatoms. The van der Waals surface area contributed by atoms with Crippen LogP contribution in [-0.2, 0) is 4.74 Å². The van der Waals surface area contributed by atoms with E-state index in [1.807, 2.05) is 7.05 Å². The van der Waals surface area contributed by atoms with E-state index in [4.69, 9.17) is 4.74 Å². The largest absolute Gasteiger partial charge is 0.378 e. The highest BCUT2D eigenvalue weighted by Gasteiger charge is 2.43. The Morgan fingerprint density at radius 3 is 2.67 bits per heavy atom. The van der Waals surface area contributed by atoms with Crippen LogP contribution in [0.25, 0.3) is 0 Å². The summed E-state index contributed by atoms with van der Waals surface area (Å²) in [6.45, 7) is 4.25. The summed E-state index contributed by atoms with van der Waals surface area (Å²) in [5.41, 5.74) is 0.642. The summed E-state index contributed by atoms with van der Waals surface area (Å²) >= 11 is 0. The van der Waals surface area contributed by atoms with Gasteiger partial charge in [0.15, 0.2) is 5.96 Å². The Morgan fingerprint density at radius 2 is 2.05 bits per heavy atom. The molecule has 0 amide bonds. The second-order valence-corrected chi connectivity index (χ2v) is 7.13. The SMILES string of the molecule is CN=C(NCCCOC1CCCC1)N1CCC2(CCC2)C1. The van der Waals surface area contributed by atoms with E-state index >= 15 is 0 Å². The summed E-state index contributed by atoms with van der Waals surface area (Å²) in [5.74, 6) is 1.10. The van der Waals surface area contributed by atoms with Crippen molar-refractivity contribution in [1.29, 1.82) is 0 Å². The highest BCUT2D eigenvalue weighted by molar-refractivity contribution is 5.80. The summed E-state index contributed by atoms with van der Waals surface area (Å²) in [7, 11) is 1.91. The molecule has 21 heavy (non-hydrogen) atoms. The van der Waals surface area contributed by atoms with Gasteiger partial charge in [0, 0.05) is 33.3 Å². The molecular formula is C17H31N3O. The lowest BCUT2D eigenvalue weighted by molar-refractivity contribution is 0.0573. The fraction of sp³-hybridized carbons (Fsp3) is 0.941. The summed E-state index contributed by atoms with van der Waals surface area (Å²) in [6, 6.07) is 0. The van der Waals surface area contributed by atoms with Crippen LogP contribution in [0.5, 0.6) is 0 Å². The van der Waals surface area contributed by atoms with Crippen LogP contribution >= 0.6 is 0 Å².